The van der Waals surface area contributed by atoms with Gasteiger partial charge in [0.15, 0.2) is 0 Å². The predicted molar refractivity (Wildman–Crippen MR) is 390 cm³/mol. The largest absolute Gasteiger partial charge is 0.496 e. The van der Waals surface area contributed by atoms with Gasteiger partial charge in [-0.3, -0.25) is 9.36 Å². The number of nitrogens with zero attached hydrogens (tertiary/aromatic N) is 10. The Hall–Kier alpha value is -4.41. The summed E-state index contributed by atoms with van der Waals surface area (Å²) in [7, 11) is 25.3. The van der Waals surface area contributed by atoms with Gasteiger partial charge in [0.05, 0.1) is 70.6 Å². The molecule has 10 aromatic rings. The lowest BCUT2D eigenvalue weighted by Crippen LogP contribution is -2.15. The number of hydrogen-bond donors (Lipinski definition) is 3. The normalized spacial score (nSPS) is 11.0. The number of H-pyrrole nitrogens is 2. The first-order valence-corrected chi connectivity index (χ1v) is 41.8. The molecule has 4 N–H and O–H groups in total. The van der Waals surface area contributed by atoms with E-state index in [2.05, 4.69) is 95.9 Å². The number of nitrogen functional groups attached to an aromatic ring is 1. The maximum Gasteiger partial charge on any atom is 0.143 e. The van der Waals surface area contributed by atoms with Crippen LogP contribution >= 0.6 is 11.6 Å². The number of anilines is 1. The van der Waals surface area contributed by atoms with Gasteiger partial charge >= 0.3 is 0 Å². The van der Waals surface area contributed by atoms with E-state index in [1.807, 2.05) is 84.1 Å². The second-order valence-corrected chi connectivity index (χ2v) is 40.8. The zero-order valence-electron chi connectivity index (χ0n) is 49.4. The highest BCUT2D eigenvalue weighted by Crippen LogP contribution is 2.42. The molecule has 0 amide bonds. The van der Waals surface area contributed by atoms with Gasteiger partial charge in [0, 0.05) is 201 Å². The molecule has 8 aromatic heterocycles. The van der Waals surface area contributed by atoms with Crippen molar-refractivity contribution in [1.29, 1.82) is 0 Å². The zero-order chi connectivity index (χ0) is 61.5. The number of rotatable bonds is 6. The zero-order valence-corrected chi connectivity index (χ0v) is 60.8. The van der Waals surface area contributed by atoms with Gasteiger partial charge in [-0.05, 0) is 79.7 Å². The van der Waals surface area contributed by atoms with E-state index in [4.69, 9.17) is 73.3 Å². The third-order valence-electron chi connectivity index (χ3n) is 13.3. The number of nitrogens with one attached hydrogen (secondary N) is 2. The average Bonchev–Trinajstić information content (AvgIpc) is 1.65. The van der Waals surface area contributed by atoms with E-state index < -0.39 is 0 Å². The van der Waals surface area contributed by atoms with Crippen molar-refractivity contribution in [2.24, 2.45) is 14.1 Å². The predicted octanol–water partition coefficient (Wildman–Crippen LogP) is 12.8. The molecule has 0 saturated heterocycles. The Morgan fingerprint density at radius 2 is 0.988 bits per heavy atom. The van der Waals surface area contributed by atoms with Crippen molar-refractivity contribution in [3.63, 3.8) is 0 Å². The van der Waals surface area contributed by atoms with Crippen LogP contribution in [0, 0.1) is 55.4 Å². The van der Waals surface area contributed by atoms with E-state index in [9.17, 15) is 0 Å². The number of nitrogens with two attached hydrogens (primary N) is 1. The fourth-order valence-electron chi connectivity index (χ4n) is 9.41. The molecule has 0 radical (unpaired) electrons. The molecular formula is C55H72ClN13O4S13. The molecule has 17 nitrogen and oxygen atoms in total. The summed E-state index contributed by atoms with van der Waals surface area (Å²) in [5.74, 6) is 4.33. The van der Waals surface area contributed by atoms with Gasteiger partial charge in [0.2, 0.25) is 0 Å². The lowest BCUT2D eigenvalue weighted by molar-refractivity contribution is 0.393. The average molecular weight is 1430 g/mol. The van der Waals surface area contributed by atoms with Crippen molar-refractivity contribution in [1.82, 2.24) is 59.8 Å². The Kier molecular flexibility index (Phi) is 26.4. The SMILES string of the molecule is C.C.COc1cc2c(cc1-c1c(C)noc1C)[nH]c1nc(C)nc(Cc3c(C(C)(C)C)nn(C)c3C)c12.COc1cc2c(cc1-c1c(C)noc1C)[nH]c1nc(C)nc(Cl)c12.Cc1c(N)c(C(C)(C)C)nn1C.S=S=S=S=S=S=S=S=S=S=S=S=S. The van der Waals surface area contributed by atoms with Gasteiger partial charge < -0.3 is 34.2 Å². The van der Waals surface area contributed by atoms with Gasteiger partial charge in [-0.2, -0.15) is 10.2 Å². The summed E-state index contributed by atoms with van der Waals surface area (Å²) in [5.41, 5.74) is 21.9. The summed E-state index contributed by atoms with van der Waals surface area (Å²) >= 11 is 15.7. The minimum atomic E-state index is -0.0742. The van der Waals surface area contributed by atoms with Crippen LogP contribution in [0.2, 0.25) is 5.15 Å². The van der Waals surface area contributed by atoms with Crippen LogP contribution < -0.4 is 15.2 Å². The quantitative estimate of drug-likeness (QED) is 0.132. The number of methoxy groups -OCH3 is 2. The first-order valence-electron chi connectivity index (χ1n) is 25.4. The molecule has 0 aliphatic heterocycles. The number of aromatic amines is 2. The van der Waals surface area contributed by atoms with Crippen LogP contribution in [-0.2, 0) is 151 Å². The van der Waals surface area contributed by atoms with Crippen LogP contribution in [0.1, 0.15) is 125 Å². The van der Waals surface area contributed by atoms with Crippen LogP contribution in [0.4, 0.5) is 5.69 Å². The third kappa shape index (κ3) is 16.7. The first-order chi connectivity index (χ1) is 39.7. The van der Waals surface area contributed by atoms with Crippen LogP contribution in [-0.4, -0.2) is 74.0 Å². The second-order valence-electron chi connectivity index (χ2n) is 21.0. The Morgan fingerprint density at radius 1 is 0.581 bits per heavy atom. The van der Waals surface area contributed by atoms with Crippen molar-refractivity contribution >= 4 is 181 Å². The fourth-order valence-corrected chi connectivity index (χ4v) is 34.4. The molecule has 0 aliphatic carbocycles. The standard InChI is InChI=1S/C27H32N6O2.C17H15ClN4O2.C9H17N3.2CH4.S13/c1-13-23(15(3)35-32-13)19-11-20-18(12-22(19)34-9)24-21(28-16(4)29-26(24)30-20)10-17-14(2)33(8)31-25(17)27(5,6)7;1-7-14(8(2)24-22-7)11-5-12-10(6-13(11)23-4)15-16(18)19-9(3)20-17(15)21-12;1-6-7(10)8(9(2,3)4)11-12(6)5;;;1-3-5-7-9-11-13-12-10-8-6-4-2/h11-12H,10H2,1-9H3,(H,28,29,30);5-6H,1-4H3,(H,19,20,21);10H2,1-5H3;2*1H4;. The molecule has 466 valence electrons. The van der Waals surface area contributed by atoms with Gasteiger partial charge in [-0.15, -0.1) is 0 Å². The molecule has 0 unspecified atom stereocenters. The number of halogens is 1. The highest BCUT2D eigenvalue weighted by molar-refractivity contribution is 8.75. The van der Waals surface area contributed by atoms with Gasteiger partial charge in [-0.1, -0.05) is 78.3 Å². The number of fused-ring (bicyclic) bond motifs is 6. The fraction of sp³-hybridized carbons (Fsp3) is 0.418. The topological polar surface area (TPSA) is 215 Å². The van der Waals surface area contributed by atoms with Gasteiger partial charge in [-0.25, -0.2) is 19.9 Å². The molecule has 0 bridgehead atoms. The van der Waals surface area contributed by atoms with E-state index in [-0.39, 0.29) is 25.7 Å². The highest BCUT2D eigenvalue weighted by atomic mass is 35.5. The number of hydrogen-bond acceptors (Lipinski definition) is 15. The monoisotopic (exact) mass is 1430 g/mol. The minimum absolute atomic E-state index is 0. The molecule has 2 aromatic carbocycles. The van der Waals surface area contributed by atoms with E-state index in [0.717, 1.165) is 135 Å². The summed E-state index contributed by atoms with van der Waals surface area (Å²) in [4.78, 5) is 25.2. The highest BCUT2D eigenvalue weighted by Gasteiger charge is 2.28. The smallest absolute Gasteiger partial charge is 0.143 e. The molecule has 10 rings (SSSR count). The molecule has 8 heterocycles. The summed E-state index contributed by atoms with van der Waals surface area (Å²) < 4.78 is 26.0. The van der Waals surface area contributed by atoms with Crippen LogP contribution in [0.5, 0.6) is 11.5 Å². The molecular weight excluding hydrogens is 1360 g/mol. The van der Waals surface area contributed by atoms with Crippen molar-refractivity contribution in [3.8, 4) is 33.8 Å². The first kappa shape index (κ1) is 72.3. The molecule has 0 saturated carbocycles. The molecule has 86 heavy (non-hydrogen) atoms. The van der Waals surface area contributed by atoms with E-state index >= 15 is 0 Å². The Bertz CT molecular complexity index is 4600. The summed E-state index contributed by atoms with van der Waals surface area (Å²) in [6, 6.07) is 8.11. The molecule has 0 spiro atoms. The lowest BCUT2D eigenvalue weighted by Gasteiger charge is -2.18. The van der Waals surface area contributed by atoms with Crippen molar-refractivity contribution < 1.29 is 18.5 Å². The second kappa shape index (κ2) is 31.4. The number of benzene rings is 2. The lowest BCUT2D eigenvalue weighted by atomic mass is 9.87. The summed E-state index contributed by atoms with van der Waals surface area (Å²) in [5, 5.41) is 21.6. The van der Waals surface area contributed by atoms with Crippen LogP contribution in [0.15, 0.2) is 33.3 Å². The van der Waals surface area contributed by atoms with Crippen molar-refractivity contribution in [3.05, 3.63) is 98.0 Å². The van der Waals surface area contributed by atoms with E-state index in [1.165, 1.54) is 23.3 Å². The Morgan fingerprint density at radius 3 is 1.37 bits per heavy atom. The Balaban J connectivity index is 0.000000229. The Labute approximate surface area is 548 Å². The summed E-state index contributed by atoms with van der Waals surface area (Å²) in [6.45, 7) is 28.5. The number of ether oxygens (including phenoxy) is 2. The molecule has 0 fully saturated rings. The molecule has 31 heteroatoms. The number of aromatic nitrogens is 12. The van der Waals surface area contributed by atoms with E-state index in [1.54, 1.807) is 94.1 Å². The van der Waals surface area contributed by atoms with Crippen LogP contribution in [0.25, 0.3) is 66.1 Å². The molecule has 0 aliphatic rings. The van der Waals surface area contributed by atoms with E-state index in [0.29, 0.717) is 23.0 Å². The molecule has 0 atom stereocenters. The van der Waals surface area contributed by atoms with Gasteiger partial charge in [0.25, 0.3) is 0 Å². The maximum atomic E-state index is 6.33. The number of aryl methyl sites for hydroxylation is 8. The third-order valence-corrected chi connectivity index (χ3v) is 35.8. The van der Waals surface area contributed by atoms with Crippen molar-refractivity contribution in [2.45, 2.75) is 129 Å². The van der Waals surface area contributed by atoms with Crippen molar-refractivity contribution in [2.75, 3.05) is 20.0 Å². The summed E-state index contributed by atoms with van der Waals surface area (Å²) in [6.07, 6.45) is 0.674. The van der Waals surface area contributed by atoms with Gasteiger partial charge in [0.1, 0.15) is 51.1 Å². The minimum Gasteiger partial charge on any atom is -0.496 e. The van der Waals surface area contributed by atoms with Crippen LogP contribution in [0.3, 0.4) is 0 Å². The maximum absolute atomic E-state index is 6.33.